The van der Waals surface area contributed by atoms with E-state index < -0.39 is 0 Å². The van der Waals surface area contributed by atoms with Gasteiger partial charge >= 0.3 is 0 Å². The third-order valence-electron chi connectivity index (χ3n) is 1.85. The zero-order chi connectivity index (χ0) is 11.6. The lowest BCUT2D eigenvalue weighted by atomic mass is 9.96. The fourth-order valence-corrected chi connectivity index (χ4v) is 1.39. The summed E-state index contributed by atoms with van der Waals surface area (Å²) in [5, 5.41) is 6.50. The van der Waals surface area contributed by atoms with E-state index in [2.05, 4.69) is 36.0 Å². The largest absolute Gasteiger partial charge is 0.338 e. The van der Waals surface area contributed by atoms with Crippen LogP contribution in [0.4, 0.5) is 0 Å². The molecule has 1 rings (SSSR count). The summed E-state index contributed by atoms with van der Waals surface area (Å²) in [6.45, 7) is 8.70. The van der Waals surface area contributed by atoms with Gasteiger partial charge in [0.1, 0.15) is 5.82 Å². The van der Waals surface area contributed by atoms with Gasteiger partial charge in [-0.05, 0) is 12.3 Å². The molecule has 1 amide bonds. The summed E-state index contributed by atoms with van der Waals surface area (Å²) < 4.78 is 0. The molecular formula is C10H18N4O. The highest BCUT2D eigenvalue weighted by atomic mass is 16.2. The topological polar surface area (TPSA) is 61.9 Å². The lowest BCUT2D eigenvalue weighted by molar-refractivity contribution is 0.0734. The number of aryl methyl sites for hydroxylation is 1. The van der Waals surface area contributed by atoms with Gasteiger partial charge in [0.2, 0.25) is 5.82 Å². The maximum atomic E-state index is 11.8. The molecule has 0 aliphatic carbocycles. The maximum Gasteiger partial charge on any atom is 0.293 e. The number of H-pyrrole nitrogens is 1. The molecule has 0 bridgehead atoms. The van der Waals surface area contributed by atoms with E-state index >= 15 is 0 Å². The number of aromatic amines is 1. The van der Waals surface area contributed by atoms with Gasteiger partial charge in [-0.25, -0.2) is 4.98 Å². The number of nitrogens with zero attached hydrogens (tertiary/aromatic N) is 3. The molecule has 0 unspecified atom stereocenters. The highest BCUT2D eigenvalue weighted by molar-refractivity contribution is 5.90. The van der Waals surface area contributed by atoms with Crippen molar-refractivity contribution in [3.05, 3.63) is 11.6 Å². The van der Waals surface area contributed by atoms with E-state index in [1.807, 2.05) is 0 Å². The van der Waals surface area contributed by atoms with Crippen LogP contribution in [0, 0.1) is 12.3 Å². The molecule has 1 aromatic heterocycles. The summed E-state index contributed by atoms with van der Waals surface area (Å²) >= 11 is 0. The minimum Gasteiger partial charge on any atom is -0.338 e. The molecular weight excluding hydrogens is 192 g/mol. The van der Waals surface area contributed by atoms with E-state index in [1.54, 1.807) is 18.9 Å². The second kappa shape index (κ2) is 4.00. The number of aromatic nitrogens is 3. The molecule has 0 saturated heterocycles. The van der Waals surface area contributed by atoms with Crippen LogP contribution < -0.4 is 0 Å². The van der Waals surface area contributed by atoms with Crippen molar-refractivity contribution in [1.29, 1.82) is 0 Å². The Balaban J connectivity index is 2.69. The minimum absolute atomic E-state index is 0.0791. The third kappa shape index (κ3) is 3.34. The van der Waals surface area contributed by atoms with Crippen molar-refractivity contribution in [2.24, 2.45) is 5.41 Å². The monoisotopic (exact) mass is 210 g/mol. The molecule has 5 nitrogen and oxygen atoms in total. The average Bonchev–Trinajstić information content (AvgIpc) is 2.47. The summed E-state index contributed by atoms with van der Waals surface area (Å²) in [6, 6.07) is 0. The molecule has 84 valence electrons. The quantitative estimate of drug-likeness (QED) is 0.798. The van der Waals surface area contributed by atoms with Crippen LogP contribution in [-0.2, 0) is 0 Å². The van der Waals surface area contributed by atoms with Gasteiger partial charge in [-0.1, -0.05) is 20.8 Å². The second-order valence-corrected chi connectivity index (χ2v) is 4.97. The molecule has 0 aliphatic rings. The number of nitrogens with one attached hydrogen (secondary N) is 1. The summed E-state index contributed by atoms with van der Waals surface area (Å²) in [6.07, 6.45) is 0. The van der Waals surface area contributed by atoms with Crippen LogP contribution in [0.25, 0.3) is 0 Å². The first-order valence-corrected chi connectivity index (χ1v) is 4.94. The molecule has 0 aliphatic heterocycles. The van der Waals surface area contributed by atoms with E-state index in [-0.39, 0.29) is 17.1 Å². The third-order valence-corrected chi connectivity index (χ3v) is 1.85. The Labute approximate surface area is 89.9 Å². The van der Waals surface area contributed by atoms with Crippen molar-refractivity contribution in [3.8, 4) is 0 Å². The Hall–Kier alpha value is -1.39. The van der Waals surface area contributed by atoms with Crippen LogP contribution in [0.2, 0.25) is 0 Å². The van der Waals surface area contributed by atoms with Gasteiger partial charge in [0.05, 0.1) is 0 Å². The van der Waals surface area contributed by atoms with Crippen molar-refractivity contribution in [1.82, 2.24) is 20.1 Å². The van der Waals surface area contributed by atoms with E-state index in [4.69, 9.17) is 0 Å². The Bertz CT molecular complexity index is 351. The molecule has 0 fully saturated rings. The average molecular weight is 210 g/mol. The van der Waals surface area contributed by atoms with Crippen LogP contribution in [-0.4, -0.2) is 39.6 Å². The molecule has 5 heteroatoms. The maximum absolute atomic E-state index is 11.8. The molecule has 0 spiro atoms. The first-order chi connectivity index (χ1) is 6.79. The van der Waals surface area contributed by atoms with Crippen LogP contribution in [0.5, 0.6) is 0 Å². The Morgan fingerprint density at radius 1 is 1.47 bits per heavy atom. The predicted octanol–water partition coefficient (Wildman–Crippen LogP) is 1.23. The molecule has 1 heterocycles. The number of hydrogen-bond acceptors (Lipinski definition) is 3. The van der Waals surface area contributed by atoms with E-state index in [0.717, 1.165) is 0 Å². The first-order valence-electron chi connectivity index (χ1n) is 4.94. The van der Waals surface area contributed by atoms with Crippen molar-refractivity contribution in [3.63, 3.8) is 0 Å². The van der Waals surface area contributed by atoms with Crippen LogP contribution in [0.3, 0.4) is 0 Å². The van der Waals surface area contributed by atoms with Gasteiger partial charge in [-0.3, -0.25) is 9.89 Å². The summed E-state index contributed by atoms with van der Waals surface area (Å²) in [7, 11) is 1.76. The smallest absolute Gasteiger partial charge is 0.293 e. The summed E-state index contributed by atoms with van der Waals surface area (Å²) in [4.78, 5) is 17.5. The summed E-state index contributed by atoms with van der Waals surface area (Å²) in [5.41, 5.74) is 0.0791. The normalized spacial score (nSPS) is 11.5. The van der Waals surface area contributed by atoms with Gasteiger partial charge in [-0.15, -0.1) is 5.10 Å². The number of carbonyl (C=O) groups is 1. The number of amides is 1. The number of hydrogen-bond donors (Lipinski definition) is 1. The van der Waals surface area contributed by atoms with Gasteiger partial charge in [0, 0.05) is 13.6 Å². The van der Waals surface area contributed by atoms with Crippen molar-refractivity contribution >= 4 is 5.91 Å². The molecule has 0 atom stereocenters. The first kappa shape index (κ1) is 11.7. The Kier molecular flexibility index (Phi) is 3.12. The Morgan fingerprint density at radius 3 is 2.47 bits per heavy atom. The van der Waals surface area contributed by atoms with E-state index in [1.165, 1.54) is 0 Å². The number of carbonyl (C=O) groups excluding carboxylic acids is 1. The van der Waals surface area contributed by atoms with Crippen molar-refractivity contribution in [2.75, 3.05) is 13.6 Å². The molecule has 15 heavy (non-hydrogen) atoms. The lowest BCUT2D eigenvalue weighted by Gasteiger charge is -2.25. The minimum atomic E-state index is -0.144. The van der Waals surface area contributed by atoms with Gasteiger partial charge < -0.3 is 4.90 Å². The zero-order valence-corrected chi connectivity index (χ0v) is 9.96. The number of rotatable bonds is 2. The van der Waals surface area contributed by atoms with Crippen molar-refractivity contribution < 1.29 is 4.79 Å². The molecule has 0 radical (unpaired) electrons. The van der Waals surface area contributed by atoms with Crippen LogP contribution in [0.15, 0.2) is 0 Å². The highest BCUT2D eigenvalue weighted by Gasteiger charge is 2.21. The second-order valence-electron chi connectivity index (χ2n) is 4.97. The summed E-state index contributed by atoms with van der Waals surface area (Å²) in [5.74, 6) is 0.746. The molecule has 1 N–H and O–H groups in total. The fraction of sp³-hybridized carbons (Fsp3) is 0.700. The van der Waals surface area contributed by atoms with Crippen LogP contribution in [0.1, 0.15) is 37.2 Å². The molecule has 0 aromatic carbocycles. The Morgan fingerprint density at radius 2 is 2.07 bits per heavy atom. The standard InChI is InChI=1S/C10H18N4O/c1-7-11-8(13-12-7)9(15)14(5)6-10(2,3)4/h6H2,1-5H3,(H,11,12,13). The van der Waals surface area contributed by atoms with Gasteiger partial charge in [-0.2, -0.15) is 0 Å². The molecule has 0 saturated carbocycles. The highest BCUT2D eigenvalue weighted by Crippen LogP contribution is 2.14. The zero-order valence-electron chi connectivity index (χ0n) is 9.96. The predicted molar refractivity (Wildman–Crippen MR) is 57.5 cm³/mol. The molecule has 1 aromatic rings. The van der Waals surface area contributed by atoms with Crippen LogP contribution >= 0.6 is 0 Å². The SMILES string of the molecule is Cc1nc(C(=O)N(C)CC(C)(C)C)n[nH]1. The van der Waals surface area contributed by atoms with E-state index in [0.29, 0.717) is 12.4 Å². The fourth-order valence-electron chi connectivity index (χ4n) is 1.39. The van der Waals surface area contributed by atoms with Gasteiger partial charge in [0.15, 0.2) is 0 Å². The lowest BCUT2D eigenvalue weighted by Crippen LogP contribution is -2.35. The van der Waals surface area contributed by atoms with E-state index in [9.17, 15) is 4.79 Å². The van der Waals surface area contributed by atoms with Crippen molar-refractivity contribution in [2.45, 2.75) is 27.7 Å². The van der Waals surface area contributed by atoms with Gasteiger partial charge in [0.25, 0.3) is 5.91 Å².